The van der Waals surface area contributed by atoms with E-state index in [1.54, 1.807) is 19.2 Å². The number of nitrogens with one attached hydrogen (secondary N) is 2. The zero-order valence-corrected chi connectivity index (χ0v) is 10.2. The zero-order valence-electron chi connectivity index (χ0n) is 9.37. The maximum atomic E-state index is 9.37. The number of thiocarbonyl (C=S) groups is 1. The van der Waals surface area contributed by atoms with Crippen LogP contribution < -0.4 is 10.6 Å². The Kier molecular flexibility index (Phi) is 4.37. The van der Waals surface area contributed by atoms with E-state index in [-0.39, 0.29) is 11.5 Å². The van der Waals surface area contributed by atoms with Crippen LogP contribution >= 0.6 is 12.2 Å². The normalized spacial score (nSPS) is 9.88. The van der Waals surface area contributed by atoms with Crippen molar-refractivity contribution in [3.05, 3.63) is 23.3 Å². The van der Waals surface area contributed by atoms with E-state index in [2.05, 4.69) is 10.6 Å². The molecule has 0 aliphatic rings. The van der Waals surface area contributed by atoms with Crippen LogP contribution in [0.15, 0.2) is 12.1 Å². The Morgan fingerprint density at radius 1 is 1.31 bits per heavy atom. The Hall–Kier alpha value is -1.49. The number of phenolic OH excluding ortho intramolecular Hbond substituents is 2. The topological polar surface area (TPSA) is 64.5 Å². The van der Waals surface area contributed by atoms with Gasteiger partial charge in [0.25, 0.3) is 0 Å². The van der Waals surface area contributed by atoms with Crippen molar-refractivity contribution < 1.29 is 10.2 Å². The predicted molar refractivity (Wildman–Crippen MR) is 67.9 cm³/mol. The molecular weight excluding hydrogens is 224 g/mol. The van der Waals surface area contributed by atoms with Crippen molar-refractivity contribution >= 4 is 17.3 Å². The van der Waals surface area contributed by atoms with E-state index >= 15 is 0 Å². The molecule has 0 unspecified atom stereocenters. The molecule has 0 heterocycles. The van der Waals surface area contributed by atoms with Gasteiger partial charge in [-0.1, -0.05) is 0 Å². The minimum absolute atomic E-state index is 0.0834. The summed E-state index contributed by atoms with van der Waals surface area (Å²) in [5, 5.41) is 25.1. The fourth-order valence-corrected chi connectivity index (χ4v) is 1.50. The van der Waals surface area contributed by atoms with Gasteiger partial charge in [-0.2, -0.15) is 0 Å². The third-order valence-electron chi connectivity index (χ3n) is 2.34. The van der Waals surface area contributed by atoms with Crippen LogP contribution in [-0.4, -0.2) is 28.9 Å². The second kappa shape index (κ2) is 5.55. The zero-order chi connectivity index (χ0) is 12.1. The maximum absolute atomic E-state index is 9.37. The van der Waals surface area contributed by atoms with Gasteiger partial charge in [0.2, 0.25) is 0 Å². The first-order chi connectivity index (χ1) is 7.54. The molecule has 0 spiro atoms. The maximum Gasteiger partial charge on any atom is 0.166 e. The second-order valence-electron chi connectivity index (χ2n) is 3.52. The minimum atomic E-state index is -0.0863. The number of rotatable bonds is 3. The fourth-order valence-electron chi connectivity index (χ4n) is 1.39. The van der Waals surface area contributed by atoms with Crippen LogP contribution in [0, 0.1) is 6.92 Å². The summed E-state index contributed by atoms with van der Waals surface area (Å²) >= 11 is 4.94. The molecule has 4 N–H and O–H groups in total. The molecule has 0 aliphatic heterocycles. The molecule has 16 heavy (non-hydrogen) atoms. The lowest BCUT2D eigenvalue weighted by Gasteiger charge is -2.10. The van der Waals surface area contributed by atoms with E-state index in [4.69, 9.17) is 12.2 Å². The number of aryl methyl sites for hydroxylation is 1. The van der Waals surface area contributed by atoms with Crippen molar-refractivity contribution in [3.8, 4) is 11.5 Å². The first-order valence-electron chi connectivity index (χ1n) is 5.01. The monoisotopic (exact) mass is 240 g/mol. The van der Waals surface area contributed by atoms with E-state index in [1.807, 2.05) is 6.92 Å². The largest absolute Gasteiger partial charge is 0.504 e. The van der Waals surface area contributed by atoms with Crippen LogP contribution in [0.25, 0.3) is 0 Å². The summed E-state index contributed by atoms with van der Waals surface area (Å²) in [6, 6.07) is 3.13. The summed E-state index contributed by atoms with van der Waals surface area (Å²) in [5.41, 5.74) is 1.94. The molecular formula is C11H16N2O2S. The van der Waals surface area contributed by atoms with Gasteiger partial charge in [0.15, 0.2) is 16.6 Å². The van der Waals surface area contributed by atoms with Crippen LogP contribution in [0.5, 0.6) is 11.5 Å². The molecule has 0 saturated carbocycles. The van der Waals surface area contributed by atoms with E-state index in [0.29, 0.717) is 11.7 Å². The Morgan fingerprint density at radius 2 is 1.94 bits per heavy atom. The van der Waals surface area contributed by atoms with Crippen molar-refractivity contribution in [2.75, 3.05) is 13.6 Å². The molecule has 88 valence electrons. The van der Waals surface area contributed by atoms with Gasteiger partial charge in [-0.05, 0) is 48.8 Å². The Balaban J connectivity index is 2.60. The lowest BCUT2D eigenvalue weighted by atomic mass is 10.0. The molecule has 0 aromatic heterocycles. The molecule has 0 fully saturated rings. The molecule has 0 atom stereocenters. The van der Waals surface area contributed by atoms with Crippen LogP contribution in [0.2, 0.25) is 0 Å². The average molecular weight is 240 g/mol. The molecule has 0 radical (unpaired) electrons. The van der Waals surface area contributed by atoms with Crippen molar-refractivity contribution in [2.45, 2.75) is 13.3 Å². The summed E-state index contributed by atoms with van der Waals surface area (Å²) < 4.78 is 0. The van der Waals surface area contributed by atoms with Crippen molar-refractivity contribution in [1.29, 1.82) is 0 Å². The van der Waals surface area contributed by atoms with Gasteiger partial charge in [0.05, 0.1) is 0 Å². The summed E-state index contributed by atoms with van der Waals surface area (Å²) in [4.78, 5) is 0. The molecule has 1 aromatic carbocycles. The van der Waals surface area contributed by atoms with Gasteiger partial charge in [0.1, 0.15) is 0 Å². The standard InChI is InChI=1S/C11H16N2O2S/c1-7-5-9(14)10(15)6-8(7)3-4-13-11(16)12-2/h5-6,14-15H,3-4H2,1-2H3,(H2,12,13,16). The number of benzene rings is 1. The van der Waals surface area contributed by atoms with E-state index in [0.717, 1.165) is 17.5 Å². The minimum Gasteiger partial charge on any atom is -0.504 e. The lowest BCUT2D eigenvalue weighted by molar-refractivity contribution is 0.402. The number of phenols is 2. The van der Waals surface area contributed by atoms with E-state index in [1.165, 1.54) is 0 Å². The molecule has 1 aromatic rings. The number of aromatic hydroxyl groups is 2. The van der Waals surface area contributed by atoms with E-state index in [9.17, 15) is 10.2 Å². The van der Waals surface area contributed by atoms with Crippen LogP contribution in [-0.2, 0) is 6.42 Å². The Labute approximate surface area is 100 Å². The third-order valence-corrected chi connectivity index (χ3v) is 2.69. The Morgan fingerprint density at radius 3 is 2.56 bits per heavy atom. The molecule has 0 bridgehead atoms. The third kappa shape index (κ3) is 3.27. The smallest absolute Gasteiger partial charge is 0.166 e. The molecule has 0 amide bonds. The number of hydrogen-bond acceptors (Lipinski definition) is 3. The van der Waals surface area contributed by atoms with Crippen LogP contribution in [0.3, 0.4) is 0 Å². The highest BCUT2D eigenvalue weighted by Crippen LogP contribution is 2.27. The second-order valence-corrected chi connectivity index (χ2v) is 3.93. The van der Waals surface area contributed by atoms with Crippen molar-refractivity contribution in [1.82, 2.24) is 10.6 Å². The predicted octanol–water partition coefficient (Wildman–Crippen LogP) is 1.04. The Bertz CT molecular complexity index is 394. The highest BCUT2D eigenvalue weighted by Gasteiger charge is 2.05. The molecule has 0 saturated heterocycles. The van der Waals surface area contributed by atoms with Crippen molar-refractivity contribution in [3.63, 3.8) is 0 Å². The van der Waals surface area contributed by atoms with Crippen molar-refractivity contribution in [2.24, 2.45) is 0 Å². The molecule has 0 aliphatic carbocycles. The summed E-state index contributed by atoms with van der Waals surface area (Å²) in [6.45, 7) is 2.58. The van der Waals surface area contributed by atoms with Gasteiger partial charge in [0, 0.05) is 13.6 Å². The molecule has 5 heteroatoms. The fraction of sp³-hybridized carbons (Fsp3) is 0.364. The highest BCUT2D eigenvalue weighted by atomic mass is 32.1. The van der Waals surface area contributed by atoms with Gasteiger partial charge < -0.3 is 20.8 Å². The molecule has 1 rings (SSSR count). The average Bonchev–Trinajstić information content (AvgIpc) is 2.25. The molecule has 4 nitrogen and oxygen atoms in total. The highest BCUT2D eigenvalue weighted by molar-refractivity contribution is 7.80. The lowest BCUT2D eigenvalue weighted by Crippen LogP contribution is -2.33. The quantitative estimate of drug-likeness (QED) is 0.470. The first kappa shape index (κ1) is 12.6. The van der Waals surface area contributed by atoms with Crippen LogP contribution in [0.4, 0.5) is 0 Å². The van der Waals surface area contributed by atoms with Gasteiger partial charge >= 0.3 is 0 Å². The van der Waals surface area contributed by atoms with E-state index < -0.39 is 0 Å². The van der Waals surface area contributed by atoms with Gasteiger partial charge in [-0.3, -0.25) is 0 Å². The summed E-state index contributed by atoms with van der Waals surface area (Å²) in [7, 11) is 1.76. The van der Waals surface area contributed by atoms with Gasteiger partial charge in [-0.15, -0.1) is 0 Å². The summed E-state index contributed by atoms with van der Waals surface area (Å²) in [5.74, 6) is -0.170. The van der Waals surface area contributed by atoms with Crippen LogP contribution in [0.1, 0.15) is 11.1 Å². The summed E-state index contributed by atoms with van der Waals surface area (Å²) in [6.07, 6.45) is 0.738. The number of hydrogen-bond donors (Lipinski definition) is 4. The van der Waals surface area contributed by atoms with Gasteiger partial charge in [-0.25, -0.2) is 0 Å². The SMILES string of the molecule is CNC(=S)NCCc1cc(O)c(O)cc1C. The first-order valence-corrected chi connectivity index (χ1v) is 5.42.